The van der Waals surface area contributed by atoms with Crippen molar-refractivity contribution in [3.05, 3.63) is 48.7 Å². The van der Waals surface area contributed by atoms with E-state index in [0.717, 1.165) is 0 Å². The minimum Gasteiger partial charge on any atom is -0.439 e. The van der Waals surface area contributed by atoms with Gasteiger partial charge in [-0.1, -0.05) is 6.07 Å². The van der Waals surface area contributed by atoms with Crippen LogP contribution in [0.1, 0.15) is 12.8 Å². The molecule has 0 radical (unpaired) electrons. The van der Waals surface area contributed by atoms with Gasteiger partial charge < -0.3 is 9.47 Å². The molecule has 0 saturated heterocycles. The molecule has 1 aliphatic carbocycles. The summed E-state index contributed by atoms with van der Waals surface area (Å²) < 4.78 is 36.8. The molecule has 0 atom stereocenters. The Bertz CT molecular complexity index is 787. The minimum atomic E-state index is -3.46. The van der Waals surface area contributed by atoms with Crippen molar-refractivity contribution in [3.63, 3.8) is 0 Å². The normalized spacial score (nSPS) is 15.8. The summed E-state index contributed by atoms with van der Waals surface area (Å²) in [7, 11) is -0.363. The molecule has 0 aliphatic heterocycles. The number of hydrogen-bond acceptors (Lipinski definition) is 5. The number of pyridine rings is 1. The molecule has 2 aromatic rings. The molecule has 128 valence electrons. The second-order valence-corrected chi connectivity index (χ2v) is 8.22. The molecule has 1 aliphatic rings. The highest BCUT2D eigenvalue weighted by Crippen LogP contribution is 2.46. The first-order chi connectivity index (χ1) is 11.5. The van der Waals surface area contributed by atoms with Gasteiger partial charge in [0, 0.05) is 26.4 Å². The number of nitrogens with zero attached hydrogens (tertiary/aromatic N) is 2. The molecule has 1 aromatic heterocycles. The predicted octanol–water partition coefficient (Wildman–Crippen LogP) is 2.82. The average molecular weight is 348 g/mol. The lowest BCUT2D eigenvalue weighted by Gasteiger charge is -2.25. The van der Waals surface area contributed by atoms with Crippen LogP contribution in [0.15, 0.2) is 48.7 Å². The smallest absolute Gasteiger partial charge is 0.242 e. The van der Waals surface area contributed by atoms with Crippen LogP contribution in [0.2, 0.25) is 0 Å². The zero-order valence-electron chi connectivity index (χ0n) is 13.7. The summed E-state index contributed by atoms with van der Waals surface area (Å²) >= 11 is 0. The van der Waals surface area contributed by atoms with Gasteiger partial charge in [-0.3, -0.25) is 4.31 Å². The number of sulfonamides is 1. The molecule has 0 amide bonds. The Hall–Kier alpha value is -2.12. The lowest BCUT2D eigenvalue weighted by molar-refractivity contribution is 0.192. The molecule has 1 saturated carbocycles. The number of anilines is 1. The van der Waals surface area contributed by atoms with Crippen LogP contribution in [0.3, 0.4) is 0 Å². The van der Waals surface area contributed by atoms with E-state index < -0.39 is 14.8 Å². The van der Waals surface area contributed by atoms with Crippen LogP contribution in [-0.4, -0.2) is 38.9 Å². The largest absolute Gasteiger partial charge is 0.439 e. The Morgan fingerprint density at radius 1 is 1.17 bits per heavy atom. The fourth-order valence-electron chi connectivity index (χ4n) is 2.56. The van der Waals surface area contributed by atoms with Gasteiger partial charge in [-0.05, 0) is 43.2 Å². The van der Waals surface area contributed by atoms with E-state index in [9.17, 15) is 8.42 Å². The van der Waals surface area contributed by atoms with E-state index in [1.54, 1.807) is 43.6 Å². The Labute approximate surface area is 142 Å². The van der Waals surface area contributed by atoms with Crippen molar-refractivity contribution in [2.75, 3.05) is 25.1 Å². The third kappa shape index (κ3) is 3.09. The summed E-state index contributed by atoms with van der Waals surface area (Å²) in [6.07, 6.45) is 2.91. The van der Waals surface area contributed by atoms with Gasteiger partial charge in [0.2, 0.25) is 15.9 Å². The van der Waals surface area contributed by atoms with Crippen LogP contribution in [0.4, 0.5) is 5.69 Å². The minimum absolute atomic E-state index is 0.223. The van der Waals surface area contributed by atoms with Crippen molar-refractivity contribution >= 4 is 15.7 Å². The Balaban J connectivity index is 1.76. The van der Waals surface area contributed by atoms with Crippen LogP contribution in [0.5, 0.6) is 11.6 Å². The fourth-order valence-corrected chi connectivity index (χ4v) is 4.43. The summed E-state index contributed by atoms with van der Waals surface area (Å²) in [5, 5.41) is 0. The van der Waals surface area contributed by atoms with Crippen molar-refractivity contribution < 1.29 is 17.9 Å². The molecular formula is C17H20N2O4S. The highest BCUT2D eigenvalue weighted by Gasteiger charge is 2.56. The molecular weight excluding hydrogens is 328 g/mol. The SMILES string of the molecule is COCC1(S(=O)(=O)N(C)c2ccc(Oc3ccccn3)cc2)CC1. The summed E-state index contributed by atoms with van der Waals surface area (Å²) in [6.45, 7) is 0.223. The number of aromatic nitrogens is 1. The summed E-state index contributed by atoms with van der Waals surface area (Å²) in [5.41, 5.74) is 0.589. The van der Waals surface area contributed by atoms with E-state index in [1.165, 1.54) is 11.4 Å². The van der Waals surface area contributed by atoms with Gasteiger partial charge in [0.1, 0.15) is 10.5 Å². The predicted molar refractivity (Wildman–Crippen MR) is 91.9 cm³/mol. The van der Waals surface area contributed by atoms with Crippen molar-refractivity contribution in [2.24, 2.45) is 0 Å². The summed E-state index contributed by atoms with van der Waals surface area (Å²) in [4.78, 5) is 4.09. The molecule has 0 bridgehead atoms. The van der Waals surface area contributed by atoms with Crippen LogP contribution in [0.25, 0.3) is 0 Å². The van der Waals surface area contributed by atoms with Crippen LogP contribution in [0, 0.1) is 0 Å². The van der Waals surface area contributed by atoms with E-state index in [2.05, 4.69) is 4.98 Å². The van der Waals surface area contributed by atoms with Crippen molar-refractivity contribution in [2.45, 2.75) is 17.6 Å². The topological polar surface area (TPSA) is 68.7 Å². The maximum Gasteiger partial charge on any atom is 0.242 e. The van der Waals surface area contributed by atoms with Crippen LogP contribution in [-0.2, 0) is 14.8 Å². The van der Waals surface area contributed by atoms with E-state index in [4.69, 9.17) is 9.47 Å². The molecule has 0 spiro atoms. The van der Waals surface area contributed by atoms with Crippen LogP contribution < -0.4 is 9.04 Å². The van der Waals surface area contributed by atoms with Gasteiger partial charge >= 0.3 is 0 Å². The second kappa shape index (κ2) is 6.41. The summed E-state index contributed by atoms with van der Waals surface area (Å²) in [6, 6.07) is 12.3. The van der Waals surface area contributed by atoms with E-state index in [1.807, 2.05) is 12.1 Å². The number of benzene rings is 1. The van der Waals surface area contributed by atoms with Crippen molar-refractivity contribution in [3.8, 4) is 11.6 Å². The number of rotatable bonds is 7. The molecule has 1 heterocycles. The van der Waals surface area contributed by atoms with E-state index in [0.29, 0.717) is 30.2 Å². The zero-order chi connectivity index (χ0) is 17.2. The quantitative estimate of drug-likeness (QED) is 0.769. The molecule has 3 rings (SSSR count). The van der Waals surface area contributed by atoms with Gasteiger partial charge in [0.25, 0.3) is 0 Å². The molecule has 0 N–H and O–H groups in total. The Morgan fingerprint density at radius 2 is 1.88 bits per heavy atom. The van der Waals surface area contributed by atoms with Crippen LogP contribution >= 0.6 is 0 Å². The highest BCUT2D eigenvalue weighted by molar-refractivity contribution is 7.94. The standard InChI is InChI=1S/C17H20N2O4S/c1-19(24(20,21)17(10-11-17)13-22-2)14-6-8-15(9-7-14)23-16-5-3-4-12-18-16/h3-9,12H,10-11,13H2,1-2H3. The van der Waals surface area contributed by atoms with E-state index in [-0.39, 0.29) is 6.61 Å². The average Bonchev–Trinajstić information content (AvgIpc) is 3.38. The first-order valence-corrected chi connectivity index (χ1v) is 9.09. The number of methoxy groups -OCH3 is 1. The molecule has 7 heteroatoms. The van der Waals surface area contributed by atoms with E-state index >= 15 is 0 Å². The van der Waals surface area contributed by atoms with Gasteiger partial charge in [-0.15, -0.1) is 0 Å². The van der Waals surface area contributed by atoms with Crippen molar-refractivity contribution in [1.82, 2.24) is 4.98 Å². The Kier molecular flexibility index (Phi) is 4.47. The maximum atomic E-state index is 12.8. The third-order valence-electron chi connectivity index (χ3n) is 4.18. The lowest BCUT2D eigenvalue weighted by atomic mass is 10.3. The maximum absolute atomic E-state index is 12.8. The van der Waals surface area contributed by atoms with Gasteiger partial charge in [-0.25, -0.2) is 13.4 Å². The molecule has 1 fully saturated rings. The Morgan fingerprint density at radius 3 is 2.42 bits per heavy atom. The zero-order valence-corrected chi connectivity index (χ0v) is 14.5. The molecule has 6 nitrogen and oxygen atoms in total. The number of hydrogen-bond donors (Lipinski definition) is 0. The first kappa shape index (κ1) is 16.7. The van der Waals surface area contributed by atoms with Gasteiger partial charge in [0.15, 0.2) is 0 Å². The van der Waals surface area contributed by atoms with Gasteiger partial charge in [0.05, 0.1) is 12.3 Å². The first-order valence-electron chi connectivity index (χ1n) is 7.65. The molecule has 24 heavy (non-hydrogen) atoms. The third-order valence-corrected chi connectivity index (χ3v) is 6.74. The number of ether oxygens (including phenoxy) is 2. The second-order valence-electron chi connectivity index (χ2n) is 5.85. The van der Waals surface area contributed by atoms with Gasteiger partial charge in [-0.2, -0.15) is 0 Å². The summed E-state index contributed by atoms with van der Waals surface area (Å²) in [5.74, 6) is 1.09. The highest BCUT2D eigenvalue weighted by atomic mass is 32.2. The van der Waals surface area contributed by atoms with Crippen molar-refractivity contribution in [1.29, 1.82) is 0 Å². The molecule has 1 aromatic carbocycles. The fraction of sp³-hybridized carbons (Fsp3) is 0.353. The molecule has 0 unspecified atom stereocenters. The monoisotopic (exact) mass is 348 g/mol. The lowest BCUT2D eigenvalue weighted by Crippen LogP contribution is -2.40.